The number of halogens is 2. The molecule has 20 heavy (non-hydrogen) atoms. The molecule has 0 heterocycles. The molecule has 1 amide bonds. The molecule has 2 aromatic rings. The molecule has 0 saturated carbocycles. The van der Waals surface area contributed by atoms with Gasteiger partial charge in [0.25, 0.3) is 5.91 Å². The second-order valence-corrected chi connectivity index (χ2v) is 5.45. The molecule has 0 atom stereocenters. The van der Waals surface area contributed by atoms with Gasteiger partial charge in [-0.1, -0.05) is 11.6 Å². The van der Waals surface area contributed by atoms with Crippen LogP contribution in [0.2, 0.25) is 5.02 Å². The molecule has 0 radical (unpaired) electrons. The summed E-state index contributed by atoms with van der Waals surface area (Å²) in [7, 11) is 0. The van der Waals surface area contributed by atoms with Crippen molar-refractivity contribution in [1.82, 2.24) is 0 Å². The number of rotatable bonds is 4. The monoisotopic (exact) mass is 352 g/mol. The highest BCUT2D eigenvalue weighted by Gasteiger charge is 2.07. The van der Waals surface area contributed by atoms with Crippen molar-refractivity contribution in [3.63, 3.8) is 0 Å². The highest BCUT2D eigenvalue weighted by molar-refractivity contribution is 9.10. The Balaban J connectivity index is 2.09. The van der Waals surface area contributed by atoms with Crippen molar-refractivity contribution in [2.75, 3.05) is 17.2 Å². The quantitative estimate of drug-likeness (QED) is 0.830. The third-order valence-corrected chi connectivity index (χ3v) is 3.94. The van der Waals surface area contributed by atoms with Crippen LogP contribution in [0, 0.1) is 0 Å². The average Bonchev–Trinajstić information content (AvgIpc) is 2.44. The Morgan fingerprint density at radius 1 is 1.15 bits per heavy atom. The summed E-state index contributed by atoms with van der Waals surface area (Å²) in [5, 5.41) is 6.56. The molecule has 0 aromatic heterocycles. The minimum absolute atomic E-state index is 0.161. The summed E-state index contributed by atoms with van der Waals surface area (Å²) in [5.74, 6) is -0.161. The van der Waals surface area contributed by atoms with Gasteiger partial charge in [-0.25, -0.2) is 0 Å². The SMILES string of the molecule is CCNc1ccc(C(=O)Nc2ccc(Br)c(Cl)c2)cc1. The first-order valence-electron chi connectivity index (χ1n) is 6.20. The molecule has 0 unspecified atom stereocenters. The summed E-state index contributed by atoms with van der Waals surface area (Å²) in [4.78, 5) is 12.1. The lowest BCUT2D eigenvalue weighted by Gasteiger charge is -2.08. The topological polar surface area (TPSA) is 41.1 Å². The molecule has 2 aromatic carbocycles. The van der Waals surface area contributed by atoms with Gasteiger partial charge in [-0.05, 0) is 65.3 Å². The van der Waals surface area contributed by atoms with Gasteiger partial charge < -0.3 is 10.6 Å². The van der Waals surface area contributed by atoms with E-state index in [9.17, 15) is 4.79 Å². The maximum atomic E-state index is 12.1. The molecule has 3 nitrogen and oxygen atoms in total. The van der Waals surface area contributed by atoms with E-state index in [1.807, 2.05) is 19.1 Å². The Kier molecular flexibility index (Phi) is 5.04. The minimum Gasteiger partial charge on any atom is -0.385 e. The lowest BCUT2D eigenvalue weighted by atomic mass is 10.2. The van der Waals surface area contributed by atoms with Gasteiger partial charge >= 0.3 is 0 Å². The maximum Gasteiger partial charge on any atom is 0.255 e. The molecule has 0 saturated heterocycles. The Bertz CT molecular complexity index is 614. The van der Waals surface area contributed by atoms with Crippen LogP contribution in [0.4, 0.5) is 11.4 Å². The second kappa shape index (κ2) is 6.77. The van der Waals surface area contributed by atoms with Crippen molar-refractivity contribution in [3.05, 3.63) is 57.5 Å². The zero-order chi connectivity index (χ0) is 14.5. The van der Waals surface area contributed by atoms with Crippen molar-refractivity contribution in [2.45, 2.75) is 6.92 Å². The van der Waals surface area contributed by atoms with Crippen molar-refractivity contribution < 1.29 is 4.79 Å². The predicted molar refractivity (Wildman–Crippen MR) is 87.7 cm³/mol. The van der Waals surface area contributed by atoms with Gasteiger partial charge in [0.2, 0.25) is 0 Å². The number of amides is 1. The van der Waals surface area contributed by atoms with E-state index in [0.29, 0.717) is 16.3 Å². The molecular formula is C15H14BrClN2O. The average molecular weight is 354 g/mol. The van der Waals surface area contributed by atoms with Gasteiger partial charge in [-0.15, -0.1) is 0 Å². The Hall–Kier alpha value is -1.52. The van der Waals surface area contributed by atoms with Crippen LogP contribution in [0.25, 0.3) is 0 Å². The van der Waals surface area contributed by atoms with Crippen LogP contribution in [0.3, 0.4) is 0 Å². The van der Waals surface area contributed by atoms with Gasteiger partial charge in [0.1, 0.15) is 0 Å². The molecule has 5 heteroatoms. The Labute approximate surface area is 131 Å². The molecule has 0 bridgehead atoms. The fourth-order valence-electron chi connectivity index (χ4n) is 1.72. The van der Waals surface area contributed by atoms with Crippen molar-refractivity contribution in [3.8, 4) is 0 Å². The van der Waals surface area contributed by atoms with E-state index in [2.05, 4.69) is 26.6 Å². The summed E-state index contributed by atoms with van der Waals surface area (Å²) in [6.45, 7) is 2.88. The number of carbonyl (C=O) groups excluding carboxylic acids is 1. The summed E-state index contributed by atoms with van der Waals surface area (Å²) >= 11 is 9.30. The predicted octanol–water partition coefficient (Wildman–Crippen LogP) is 4.79. The third kappa shape index (κ3) is 3.74. The van der Waals surface area contributed by atoms with E-state index < -0.39 is 0 Å². The van der Waals surface area contributed by atoms with Crippen molar-refractivity contribution in [1.29, 1.82) is 0 Å². The molecular weight excluding hydrogens is 340 g/mol. The van der Waals surface area contributed by atoms with Gasteiger partial charge in [-0.3, -0.25) is 4.79 Å². The number of carbonyl (C=O) groups is 1. The Morgan fingerprint density at radius 2 is 1.80 bits per heavy atom. The highest BCUT2D eigenvalue weighted by atomic mass is 79.9. The Morgan fingerprint density at radius 3 is 2.40 bits per heavy atom. The molecule has 0 fully saturated rings. The van der Waals surface area contributed by atoms with Gasteiger partial charge in [-0.2, -0.15) is 0 Å². The second-order valence-electron chi connectivity index (χ2n) is 4.19. The van der Waals surface area contributed by atoms with Crippen molar-refractivity contribution >= 4 is 44.8 Å². The smallest absolute Gasteiger partial charge is 0.255 e. The van der Waals surface area contributed by atoms with E-state index in [0.717, 1.165) is 16.7 Å². The van der Waals surface area contributed by atoms with Crippen molar-refractivity contribution in [2.24, 2.45) is 0 Å². The third-order valence-electron chi connectivity index (χ3n) is 2.71. The molecule has 0 aliphatic rings. The van der Waals surface area contributed by atoms with Crippen LogP contribution in [0.1, 0.15) is 17.3 Å². The molecule has 0 aliphatic carbocycles. The van der Waals surface area contributed by atoms with E-state index in [-0.39, 0.29) is 5.91 Å². The zero-order valence-corrected chi connectivity index (χ0v) is 13.3. The number of benzene rings is 2. The first kappa shape index (κ1) is 14.9. The molecule has 2 rings (SSSR count). The fourth-order valence-corrected chi connectivity index (χ4v) is 2.15. The largest absolute Gasteiger partial charge is 0.385 e. The summed E-state index contributed by atoms with van der Waals surface area (Å²) < 4.78 is 0.798. The molecule has 0 aliphatic heterocycles. The normalized spacial score (nSPS) is 10.2. The highest BCUT2D eigenvalue weighted by Crippen LogP contribution is 2.25. The van der Waals surface area contributed by atoms with Crippen LogP contribution in [0.15, 0.2) is 46.9 Å². The number of anilines is 2. The van der Waals surface area contributed by atoms with Crippen LogP contribution in [-0.2, 0) is 0 Å². The lowest BCUT2D eigenvalue weighted by Crippen LogP contribution is -2.11. The molecule has 2 N–H and O–H groups in total. The van der Waals surface area contributed by atoms with Gasteiger partial charge in [0, 0.05) is 28.0 Å². The zero-order valence-electron chi connectivity index (χ0n) is 10.9. The minimum atomic E-state index is -0.161. The van der Waals surface area contributed by atoms with E-state index >= 15 is 0 Å². The number of nitrogens with one attached hydrogen (secondary N) is 2. The molecule has 104 valence electrons. The van der Waals surface area contributed by atoms with Crippen LogP contribution < -0.4 is 10.6 Å². The summed E-state index contributed by atoms with van der Waals surface area (Å²) in [6, 6.07) is 12.6. The summed E-state index contributed by atoms with van der Waals surface area (Å²) in [5.41, 5.74) is 2.26. The van der Waals surface area contributed by atoms with Crippen LogP contribution in [-0.4, -0.2) is 12.5 Å². The fraction of sp³-hybridized carbons (Fsp3) is 0.133. The lowest BCUT2D eigenvalue weighted by molar-refractivity contribution is 0.102. The van der Waals surface area contributed by atoms with E-state index in [4.69, 9.17) is 11.6 Å². The molecule has 0 spiro atoms. The maximum absolute atomic E-state index is 12.1. The number of hydrogen-bond donors (Lipinski definition) is 2. The summed E-state index contributed by atoms with van der Waals surface area (Å²) in [6.07, 6.45) is 0. The first-order valence-corrected chi connectivity index (χ1v) is 7.37. The van der Waals surface area contributed by atoms with Crippen LogP contribution in [0.5, 0.6) is 0 Å². The van der Waals surface area contributed by atoms with Crippen LogP contribution >= 0.6 is 27.5 Å². The standard InChI is InChI=1S/C15H14BrClN2O/c1-2-18-11-5-3-10(4-6-11)15(20)19-12-7-8-13(16)14(17)9-12/h3-9,18H,2H2,1H3,(H,19,20). The number of hydrogen-bond acceptors (Lipinski definition) is 2. The van der Waals surface area contributed by atoms with Gasteiger partial charge in [0.05, 0.1) is 5.02 Å². The van der Waals surface area contributed by atoms with E-state index in [1.165, 1.54) is 0 Å². The van der Waals surface area contributed by atoms with E-state index in [1.54, 1.807) is 30.3 Å². The van der Waals surface area contributed by atoms with Gasteiger partial charge in [0.15, 0.2) is 0 Å². The first-order chi connectivity index (χ1) is 9.60.